The Hall–Kier alpha value is -3.23. The Balaban J connectivity index is 1.90. The van der Waals surface area contributed by atoms with Crippen LogP contribution < -0.4 is 0 Å². The lowest BCUT2D eigenvalue weighted by molar-refractivity contribution is -0.177. The number of carbonyl (C=O) groups is 6. The number of sulfone groups is 1. The fourth-order valence-electron chi connectivity index (χ4n) is 2.18. The minimum Gasteiger partial charge on any atom is -0.413 e. The van der Waals surface area contributed by atoms with E-state index in [4.69, 9.17) is 0 Å². The summed E-state index contributed by atoms with van der Waals surface area (Å²) in [4.78, 5) is 77.4. The average molecular weight is 436 g/mol. The zero-order chi connectivity index (χ0) is 21.9. The second kappa shape index (κ2) is 8.42. The summed E-state index contributed by atoms with van der Waals surface area (Å²) in [5, 5.41) is 0.312. The number of hydrogen-bond acceptors (Lipinski definition) is 12. The second-order valence-electron chi connectivity index (χ2n) is 5.81. The Morgan fingerprint density at radius 3 is 1.28 bits per heavy atom. The predicted molar refractivity (Wildman–Crippen MR) is 85.1 cm³/mol. The van der Waals surface area contributed by atoms with Gasteiger partial charge < -0.3 is 9.47 Å². The maximum absolute atomic E-state index is 12.3. The molecule has 0 aromatic heterocycles. The molecule has 2 rings (SSSR count). The maximum Gasteiger partial charge on any atom is 0.535 e. The van der Waals surface area contributed by atoms with Crippen molar-refractivity contribution < 1.29 is 56.3 Å². The van der Waals surface area contributed by atoms with Gasteiger partial charge in [0.25, 0.3) is 23.6 Å². The van der Waals surface area contributed by atoms with Crippen molar-refractivity contribution in [3.8, 4) is 0 Å². The first-order chi connectivity index (χ1) is 13.4. The number of nitrogens with zero attached hydrogens (tertiary/aromatic N) is 2. The largest absolute Gasteiger partial charge is 0.535 e. The van der Waals surface area contributed by atoms with E-state index in [-0.39, 0.29) is 35.8 Å². The van der Waals surface area contributed by atoms with E-state index in [0.29, 0.717) is 0 Å². The van der Waals surface area contributed by atoms with Crippen LogP contribution in [0.25, 0.3) is 0 Å². The molecule has 0 radical (unpaired) electrons. The summed E-state index contributed by atoms with van der Waals surface area (Å²) in [7, 11) is -4.47. The molecule has 0 spiro atoms. The standard InChI is InChI=1S/C14H16N2O12S/c1-7(25-13(21)27-15-9(17)3-4-10(15)18)29(23,24)8(2)26-14(22)28-16-11(19)5-6-12(16)20/h7-8H,3-6H2,1-2H3. The van der Waals surface area contributed by atoms with E-state index in [0.717, 1.165) is 13.8 Å². The molecular weight excluding hydrogens is 420 g/mol. The van der Waals surface area contributed by atoms with Crippen LogP contribution >= 0.6 is 0 Å². The first kappa shape index (κ1) is 22.1. The van der Waals surface area contributed by atoms with Crippen molar-refractivity contribution in [2.75, 3.05) is 0 Å². The van der Waals surface area contributed by atoms with Crippen molar-refractivity contribution in [1.29, 1.82) is 0 Å². The van der Waals surface area contributed by atoms with Gasteiger partial charge in [0, 0.05) is 25.7 Å². The van der Waals surface area contributed by atoms with Crippen molar-refractivity contribution in [1.82, 2.24) is 10.1 Å². The number of amides is 4. The molecule has 0 aromatic carbocycles. The van der Waals surface area contributed by atoms with E-state index in [1.165, 1.54) is 0 Å². The summed E-state index contributed by atoms with van der Waals surface area (Å²) in [6.07, 6.45) is -3.98. The molecule has 160 valence electrons. The van der Waals surface area contributed by atoms with E-state index in [1.54, 1.807) is 0 Å². The van der Waals surface area contributed by atoms with Gasteiger partial charge in [0.1, 0.15) is 0 Å². The van der Waals surface area contributed by atoms with Gasteiger partial charge >= 0.3 is 12.3 Å². The number of hydrogen-bond donors (Lipinski definition) is 0. The van der Waals surface area contributed by atoms with Crippen molar-refractivity contribution in [2.24, 2.45) is 0 Å². The molecule has 2 aliphatic rings. The van der Waals surface area contributed by atoms with Crippen LogP contribution in [0.4, 0.5) is 9.59 Å². The normalized spacial score (nSPS) is 19.2. The highest BCUT2D eigenvalue weighted by atomic mass is 32.2. The zero-order valence-corrected chi connectivity index (χ0v) is 16.0. The zero-order valence-electron chi connectivity index (χ0n) is 15.2. The quantitative estimate of drug-likeness (QED) is 0.386. The fourth-order valence-corrected chi connectivity index (χ4v) is 3.15. The monoisotopic (exact) mass is 436 g/mol. The van der Waals surface area contributed by atoms with Gasteiger partial charge in [0.2, 0.25) is 20.7 Å². The van der Waals surface area contributed by atoms with Gasteiger partial charge in [-0.3, -0.25) is 28.9 Å². The summed E-state index contributed by atoms with van der Waals surface area (Å²) in [6.45, 7) is 1.81. The highest BCUT2D eigenvalue weighted by Crippen LogP contribution is 2.18. The van der Waals surface area contributed by atoms with Crippen LogP contribution in [0.3, 0.4) is 0 Å². The molecule has 2 heterocycles. The Morgan fingerprint density at radius 2 is 1.00 bits per heavy atom. The van der Waals surface area contributed by atoms with Crippen LogP contribution in [-0.2, 0) is 48.2 Å². The second-order valence-corrected chi connectivity index (χ2v) is 8.31. The molecule has 14 nitrogen and oxygen atoms in total. The van der Waals surface area contributed by atoms with Gasteiger partial charge in [0.05, 0.1) is 0 Å². The third kappa shape index (κ3) is 4.98. The molecule has 2 saturated heterocycles. The van der Waals surface area contributed by atoms with Crippen LogP contribution in [0.2, 0.25) is 0 Å². The number of carbonyl (C=O) groups excluding carboxylic acids is 6. The van der Waals surface area contributed by atoms with Crippen LogP contribution in [0.1, 0.15) is 39.5 Å². The van der Waals surface area contributed by atoms with E-state index >= 15 is 0 Å². The van der Waals surface area contributed by atoms with Gasteiger partial charge in [-0.15, -0.1) is 0 Å². The number of imide groups is 2. The molecule has 0 aromatic rings. The van der Waals surface area contributed by atoms with Crippen LogP contribution in [0.15, 0.2) is 0 Å². The lowest BCUT2D eigenvalue weighted by atomic mass is 10.4. The van der Waals surface area contributed by atoms with E-state index < -0.39 is 56.6 Å². The summed E-state index contributed by atoms with van der Waals surface area (Å²) >= 11 is 0. The molecule has 2 fully saturated rings. The average Bonchev–Trinajstić information content (AvgIpc) is 3.11. The Labute approximate surface area is 163 Å². The molecule has 29 heavy (non-hydrogen) atoms. The van der Waals surface area contributed by atoms with Gasteiger partial charge in [-0.05, 0) is 13.8 Å². The fraction of sp³-hybridized carbons (Fsp3) is 0.571. The van der Waals surface area contributed by atoms with Crippen LogP contribution in [0, 0.1) is 0 Å². The molecule has 2 aliphatic heterocycles. The summed E-state index contributed by atoms with van der Waals surface area (Å²) in [6, 6.07) is 0. The number of hydroxylamine groups is 4. The summed E-state index contributed by atoms with van der Waals surface area (Å²) in [5.74, 6) is -3.19. The smallest absolute Gasteiger partial charge is 0.413 e. The Bertz CT molecular complexity index is 770. The molecular formula is C14H16N2O12S. The molecule has 2 unspecified atom stereocenters. The molecule has 15 heteroatoms. The minimum absolute atomic E-state index is 0.156. The summed E-state index contributed by atoms with van der Waals surface area (Å²) in [5.41, 5.74) is -3.83. The molecule has 0 saturated carbocycles. The molecule has 4 amide bonds. The minimum atomic E-state index is -4.47. The van der Waals surface area contributed by atoms with Crippen molar-refractivity contribution in [3.05, 3.63) is 0 Å². The first-order valence-electron chi connectivity index (χ1n) is 8.15. The topological polar surface area (TPSA) is 180 Å². The lowest BCUT2D eigenvalue weighted by Crippen LogP contribution is -2.39. The molecule has 0 aliphatic carbocycles. The van der Waals surface area contributed by atoms with Gasteiger partial charge in [-0.1, -0.05) is 10.1 Å². The highest BCUT2D eigenvalue weighted by molar-refractivity contribution is 7.92. The highest BCUT2D eigenvalue weighted by Gasteiger charge is 2.39. The van der Waals surface area contributed by atoms with Crippen LogP contribution in [-0.4, -0.2) is 65.4 Å². The van der Waals surface area contributed by atoms with Gasteiger partial charge in [-0.25, -0.2) is 18.0 Å². The third-order valence-corrected chi connectivity index (χ3v) is 5.84. The van der Waals surface area contributed by atoms with E-state index in [1.807, 2.05) is 0 Å². The molecule has 0 bridgehead atoms. The van der Waals surface area contributed by atoms with Crippen LogP contribution in [0.5, 0.6) is 0 Å². The number of rotatable bonds is 6. The van der Waals surface area contributed by atoms with Gasteiger partial charge in [-0.2, -0.15) is 0 Å². The first-order valence-corrected chi connectivity index (χ1v) is 9.76. The molecule has 2 atom stereocenters. The van der Waals surface area contributed by atoms with E-state index in [9.17, 15) is 37.2 Å². The summed E-state index contributed by atoms with van der Waals surface area (Å²) < 4.78 is 33.5. The van der Waals surface area contributed by atoms with E-state index in [2.05, 4.69) is 19.1 Å². The van der Waals surface area contributed by atoms with Crippen molar-refractivity contribution in [3.63, 3.8) is 0 Å². The third-order valence-electron chi connectivity index (χ3n) is 3.79. The number of ether oxygens (including phenoxy) is 2. The van der Waals surface area contributed by atoms with Gasteiger partial charge in [0.15, 0.2) is 0 Å². The molecule has 0 N–H and O–H groups in total. The Morgan fingerprint density at radius 1 is 0.724 bits per heavy atom. The van der Waals surface area contributed by atoms with Crippen molar-refractivity contribution in [2.45, 2.75) is 50.4 Å². The Kier molecular flexibility index (Phi) is 6.41. The lowest BCUT2D eigenvalue weighted by Gasteiger charge is -2.20. The SMILES string of the molecule is CC(OC(=O)ON1C(=O)CCC1=O)S(=O)(=O)C(C)OC(=O)ON1C(=O)CCC1=O. The maximum atomic E-state index is 12.3. The predicted octanol–water partition coefficient (Wildman–Crippen LogP) is -0.472. The van der Waals surface area contributed by atoms with Crippen molar-refractivity contribution >= 4 is 45.8 Å².